The summed E-state index contributed by atoms with van der Waals surface area (Å²) in [7, 11) is 0. The van der Waals surface area contributed by atoms with E-state index in [4.69, 9.17) is 17.3 Å². The van der Waals surface area contributed by atoms with Gasteiger partial charge in [0.25, 0.3) is 0 Å². The molecule has 0 bridgehead atoms. The van der Waals surface area contributed by atoms with E-state index in [-0.39, 0.29) is 0 Å². The number of carbonyl (C=O) groups excluding carboxylic acids is 2. The van der Waals surface area contributed by atoms with Gasteiger partial charge in [0.1, 0.15) is 0 Å². The maximum absolute atomic E-state index is 10.6. The monoisotopic (exact) mass is 191 g/mol. The van der Waals surface area contributed by atoms with Gasteiger partial charge in [-0.25, -0.2) is 4.79 Å². The number of primary amides is 1. The van der Waals surface area contributed by atoms with Crippen LogP contribution in [0.3, 0.4) is 0 Å². The average Bonchev–Trinajstić information content (AvgIpc) is 2.04. The first kappa shape index (κ1) is 9.12. The summed E-state index contributed by atoms with van der Waals surface area (Å²) < 4.78 is 0. The molecule has 1 heterocycles. The molecule has 1 fully saturated rings. The van der Waals surface area contributed by atoms with Gasteiger partial charge in [-0.05, 0) is 11.6 Å². The van der Waals surface area contributed by atoms with E-state index in [1.54, 1.807) is 0 Å². The van der Waals surface area contributed by atoms with Crippen LogP contribution in [0.4, 0.5) is 9.59 Å². The molecular weight excluding hydrogens is 182 g/mol. The van der Waals surface area contributed by atoms with Crippen LogP contribution >= 0.6 is 11.6 Å². The molecular formula is C6H10ClN3O2. The van der Waals surface area contributed by atoms with Gasteiger partial charge >= 0.3 is 11.4 Å². The quantitative estimate of drug-likeness (QED) is 0.434. The number of nitrogens with two attached hydrogens (primary N) is 1. The first-order valence-electron chi connectivity index (χ1n) is 3.60. The van der Waals surface area contributed by atoms with Crippen LogP contribution in [-0.2, 0) is 0 Å². The second kappa shape index (κ2) is 3.62. The number of hydrogen-bond acceptors (Lipinski definition) is 2. The highest BCUT2D eigenvalue weighted by molar-refractivity contribution is 6.62. The Bertz CT molecular complexity index is 179. The number of halogens is 1. The highest BCUT2D eigenvalue weighted by atomic mass is 35.5. The lowest BCUT2D eigenvalue weighted by molar-refractivity contribution is 0.159. The molecule has 68 valence electrons. The van der Waals surface area contributed by atoms with Crippen molar-refractivity contribution < 1.29 is 9.59 Å². The fraction of sp³-hybridized carbons (Fsp3) is 0.667. The van der Waals surface area contributed by atoms with Crippen molar-refractivity contribution >= 4 is 23.0 Å². The second-order valence-corrected chi connectivity index (χ2v) is 2.89. The number of amides is 3. The molecule has 0 aliphatic carbocycles. The Hall–Kier alpha value is -0.970. The smallest absolute Gasteiger partial charge is 0.316 e. The Morgan fingerprint density at radius 3 is 1.83 bits per heavy atom. The van der Waals surface area contributed by atoms with Crippen molar-refractivity contribution in [3.8, 4) is 0 Å². The molecule has 0 atom stereocenters. The Kier molecular flexibility index (Phi) is 2.75. The zero-order valence-corrected chi connectivity index (χ0v) is 7.25. The molecule has 1 aliphatic heterocycles. The average molecular weight is 192 g/mol. The lowest BCUT2D eigenvalue weighted by Gasteiger charge is -2.32. The normalized spacial score (nSPS) is 17.8. The van der Waals surface area contributed by atoms with Crippen LogP contribution in [0.1, 0.15) is 0 Å². The predicted octanol–water partition coefficient (Wildman–Crippen LogP) is 0.0415. The summed E-state index contributed by atoms with van der Waals surface area (Å²) in [5.41, 5.74) is 5.04. The lowest BCUT2D eigenvalue weighted by Crippen LogP contribution is -2.50. The number of nitrogens with zero attached hydrogens (tertiary/aromatic N) is 2. The van der Waals surface area contributed by atoms with Crippen LogP contribution in [0.2, 0.25) is 0 Å². The molecule has 0 aromatic carbocycles. The highest BCUT2D eigenvalue weighted by Crippen LogP contribution is 2.03. The molecule has 0 saturated carbocycles. The summed E-state index contributed by atoms with van der Waals surface area (Å²) in [4.78, 5) is 24.2. The van der Waals surface area contributed by atoms with Crippen molar-refractivity contribution in [1.82, 2.24) is 9.80 Å². The van der Waals surface area contributed by atoms with Crippen LogP contribution in [0.25, 0.3) is 0 Å². The molecule has 0 unspecified atom stereocenters. The van der Waals surface area contributed by atoms with Crippen LogP contribution in [0.5, 0.6) is 0 Å². The molecule has 2 N–H and O–H groups in total. The largest absolute Gasteiger partial charge is 0.351 e. The molecule has 6 heteroatoms. The van der Waals surface area contributed by atoms with Crippen molar-refractivity contribution in [3.63, 3.8) is 0 Å². The third-order valence-corrected chi connectivity index (χ3v) is 2.08. The zero-order chi connectivity index (χ0) is 9.14. The predicted molar refractivity (Wildman–Crippen MR) is 44.0 cm³/mol. The van der Waals surface area contributed by atoms with Crippen LogP contribution < -0.4 is 5.73 Å². The minimum atomic E-state index is -0.473. The Morgan fingerprint density at radius 2 is 1.50 bits per heavy atom. The molecule has 1 aliphatic rings. The van der Waals surface area contributed by atoms with E-state index < -0.39 is 11.4 Å². The maximum Gasteiger partial charge on any atom is 0.316 e. The van der Waals surface area contributed by atoms with E-state index >= 15 is 0 Å². The number of urea groups is 1. The third kappa shape index (κ3) is 2.01. The first-order valence-corrected chi connectivity index (χ1v) is 3.98. The van der Waals surface area contributed by atoms with Gasteiger partial charge in [0.15, 0.2) is 0 Å². The van der Waals surface area contributed by atoms with Gasteiger partial charge in [-0.3, -0.25) is 4.79 Å². The molecule has 0 aromatic rings. The molecule has 12 heavy (non-hydrogen) atoms. The third-order valence-electron chi connectivity index (χ3n) is 1.84. The molecule has 0 aromatic heterocycles. The molecule has 0 radical (unpaired) electrons. The molecule has 1 saturated heterocycles. The van der Waals surface area contributed by atoms with E-state index in [1.807, 2.05) is 0 Å². The van der Waals surface area contributed by atoms with E-state index in [1.165, 1.54) is 9.80 Å². The van der Waals surface area contributed by atoms with Gasteiger partial charge in [-0.15, -0.1) is 0 Å². The van der Waals surface area contributed by atoms with Crippen LogP contribution in [-0.4, -0.2) is 47.4 Å². The molecule has 3 amide bonds. The van der Waals surface area contributed by atoms with Crippen molar-refractivity contribution in [2.45, 2.75) is 0 Å². The van der Waals surface area contributed by atoms with Crippen molar-refractivity contribution in [3.05, 3.63) is 0 Å². The van der Waals surface area contributed by atoms with E-state index in [0.717, 1.165) is 0 Å². The van der Waals surface area contributed by atoms with Gasteiger partial charge in [0, 0.05) is 26.2 Å². The SMILES string of the molecule is NC(=O)N1CCN(C(=O)Cl)CC1. The van der Waals surface area contributed by atoms with Crippen LogP contribution in [0, 0.1) is 0 Å². The minimum absolute atomic E-state index is 0.448. The van der Waals surface area contributed by atoms with E-state index in [9.17, 15) is 9.59 Å². The summed E-state index contributed by atoms with van der Waals surface area (Å²) in [6.45, 7) is 1.86. The summed E-state index contributed by atoms with van der Waals surface area (Å²) in [6, 6.07) is -0.448. The summed E-state index contributed by atoms with van der Waals surface area (Å²) >= 11 is 5.24. The summed E-state index contributed by atoms with van der Waals surface area (Å²) in [5.74, 6) is 0. The van der Waals surface area contributed by atoms with E-state index in [0.29, 0.717) is 26.2 Å². The second-order valence-electron chi connectivity index (χ2n) is 2.57. The van der Waals surface area contributed by atoms with Crippen LogP contribution in [0.15, 0.2) is 0 Å². The number of rotatable bonds is 0. The topological polar surface area (TPSA) is 66.6 Å². The first-order chi connectivity index (χ1) is 5.61. The van der Waals surface area contributed by atoms with E-state index in [2.05, 4.69) is 0 Å². The fourth-order valence-electron chi connectivity index (χ4n) is 1.10. The number of carbonyl (C=O) groups is 2. The molecule has 0 spiro atoms. The number of hydrogen-bond donors (Lipinski definition) is 1. The van der Waals surface area contributed by atoms with Gasteiger partial charge in [0.05, 0.1) is 0 Å². The van der Waals surface area contributed by atoms with Crippen molar-refractivity contribution in [2.75, 3.05) is 26.2 Å². The molecule has 1 rings (SSSR count). The van der Waals surface area contributed by atoms with Gasteiger partial charge < -0.3 is 15.5 Å². The standard InChI is InChI=1S/C6H10ClN3O2/c7-5(11)9-1-3-10(4-2-9)6(8)12/h1-4H2,(H2,8,12). The Balaban J connectivity index is 2.39. The number of piperazine rings is 1. The van der Waals surface area contributed by atoms with Crippen molar-refractivity contribution in [1.29, 1.82) is 0 Å². The fourth-order valence-corrected chi connectivity index (χ4v) is 1.27. The Morgan fingerprint density at radius 1 is 1.08 bits per heavy atom. The minimum Gasteiger partial charge on any atom is -0.351 e. The lowest BCUT2D eigenvalue weighted by atomic mass is 10.3. The van der Waals surface area contributed by atoms with Gasteiger partial charge in [-0.2, -0.15) is 0 Å². The zero-order valence-electron chi connectivity index (χ0n) is 6.49. The van der Waals surface area contributed by atoms with Gasteiger partial charge in [-0.1, -0.05) is 0 Å². The summed E-state index contributed by atoms with van der Waals surface area (Å²) in [5, 5.41) is -0.473. The highest BCUT2D eigenvalue weighted by Gasteiger charge is 2.21. The van der Waals surface area contributed by atoms with Gasteiger partial charge in [0.2, 0.25) is 0 Å². The van der Waals surface area contributed by atoms with Crippen molar-refractivity contribution in [2.24, 2.45) is 5.73 Å². The molecule has 5 nitrogen and oxygen atoms in total. The Labute approximate surface area is 75.0 Å². The summed E-state index contributed by atoms with van der Waals surface area (Å²) in [6.07, 6.45) is 0. The maximum atomic E-state index is 10.6.